The number of rotatable bonds is 5. The van der Waals surface area contributed by atoms with Crippen LogP contribution >= 0.6 is 0 Å². The molecule has 0 heterocycles. The van der Waals surface area contributed by atoms with Crippen LogP contribution in [0.5, 0.6) is 17.2 Å². The van der Waals surface area contributed by atoms with Crippen LogP contribution in [0.15, 0.2) is 54.6 Å². The Bertz CT molecular complexity index is 1060. The van der Waals surface area contributed by atoms with E-state index < -0.39 is 4.92 Å². The zero-order valence-corrected chi connectivity index (χ0v) is 15.8. The summed E-state index contributed by atoms with van der Waals surface area (Å²) >= 11 is 0. The number of hydrogen-bond acceptors (Lipinski definition) is 5. The molecule has 0 aliphatic heterocycles. The molecule has 1 unspecified atom stereocenters. The van der Waals surface area contributed by atoms with Crippen LogP contribution in [0.2, 0.25) is 0 Å². The van der Waals surface area contributed by atoms with E-state index in [1.54, 1.807) is 33.5 Å². The highest BCUT2D eigenvalue weighted by Crippen LogP contribution is 2.56. The van der Waals surface area contributed by atoms with Crippen molar-refractivity contribution in [3.63, 3.8) is 0 Å². The topological polar surface area (TPSA) is 70.8 Å². The molecular weight excluding hydrogens is 358 g/mol. The molecule has 4 rings (SSSR count). The Labute approximate surface area is 162 Å². The van der Waals surface area contributed by atoms with Gasteiger partial charge in [-0.1, -0.05) is 36.4 Å². The van der Waals surface area contributed by atoms with Crippen LogP contribution in [0.3, 0.4) is 0 Å². The lowest BCUT2D eigenvalue weighted by molar-refractivity contribution is -0.384. The van der Waals surface area contributed by atoms with Crippen molar-refractivity contribution in [2.24, 2.45) is 0 Å². The molecule has 1 aliphatic carbocycles. The molecule has 0 saturated heterocycles. The fourth-order valence-electron chi connectivity index (χ4n) is 3.97. The first-order chi connectivity index (χ1) is 13.6. The molecule has 1 atom stereocenters. The fourth-order valence-corrected chi connectivity index (χ4v) is 3.97. The average molecular weight is 377 g/mol. The first-order valence-electron chi connectivity index (χ1n) is 8.77. The number of nitrogens with zero attached hydrogens (tertiary/aromatic N) is 1. The Hall–Kier alpha value is -3.54. The molecular formula is C22H19NO5. The molecule has 6 nitrogen and oxygen atoms in total. The highest BCUT2D eigenvalue weighted by atomic mass is 16.6. The summed E-state index contributed by atoms with van der Waals surface area (Å²) in [6.07, 6.45) is 0. The number of non-ortho nitro benzene ring substituents is 1. The predicted molar refractivity (Wildman–Crippen MR) is 106 cm³/mol. The van der Waals surface area contributed by atoms with E-state index in [0.29, 0.717) is 17.2 Å². The van der Waals surface area contributed by atoms with Gasteiger partial charge in [0.1, 0.15) is 0 Å². The summed E-state index contributed by atoms with van der Waals surface area (Å²) in [6, 6.07) is 16.7. The minimum absolute atomic E-state index is 0.0644. The summed E-state index contributed by atoms with van der Waals surface area (Å²) in [6.45, 7) is 0. The second-order valence-corrected chi connectivity index (χ2v) is 6.48. The fraction of sp³-hybridized carbons (Fsp3) is 0.182. The van der Waals surface area contributed by atoms with Gasteiger partial charge < -0.3 is 14.2 Å². The number of fused-ring (bicyclic) bond motifs is 3. The largest absolute Gasteiger partial charge is 0.493 e. The van der Waals surface area contributed by atoms with Gasteiger partial charge in [0.25, 0.3) is 5.69 Å². The van der Waals surface area contributed by atoms with Crippen molar-refractivity contribution in [2.75, 3.05) is 21.3 Å². The summed E-state index contributed by atoms with van der Waals surface area (Å²) < 4.78 is 16.9. The molecule has 0 saturated carbocycles. The van der Waals surface area contributed by atoms with E-state index in [1.165, 1.54) is 12.1 Å². The quantitative estimate of drug-likeness (QED) is 0.370. The molecule has 0 N–H and O–H groups in total. The van der Waals surface area contributed by atoms with Crippen molar-refractivity contribution in [1.82, 2.24) is 0 Å². The van der Waals surface area contributed by atoms with Gasteiger partial charge in [-0.3, -0.25) is 10.1 Å². The van der Waals surface area contributed by atoms with Gasteiger partial charge in [-0.2, -0.15) is 0 Å². The molecule has 0 fully saturated rings. The second-order valence-electron chi connectivity index (χ2n) is 6.48. The van der Waals surface area contributed by atoms with Gasteiger partial charge in [0.2, 0.25) is 5.75 Å². The van der Waals surface area contributed by atoms with Crippen LogP contribution in [-0.4, -0.2) is 26.3 Å². The molecule has 3 aromatic rings. The van der Waals surface area contributed by atoms with Crippen LogP contribution < -0.4 is 14.2 Å². The summed E-state index contributed by atoms with van der Waals surface area (Å²) in [4.78, 5) is 10.6. The third-order valence-corrected chi connectivity index (χ3v) is 5.16. The zero-order chi connectivity index (χ0) is 19.8. The number of ether oxygens (including phenoxy) is 3. The molecule has 0 bridgehead atoms. The van der Waals surface area contributed by atoms with Crippen molar-refractivity contribution in [1.29, 1.82) is 0 Å². The van der Waals surface area contributed by atoms with Crippen LogP contribution in [0.1, 0.15) is 22.6 Å². The molecule has 0 aromatic heterocycles. The van der Waals surface area contributed by atoms with Gasteiger partial charge in [0.05, 0.1) is 26.3 Å². The highest BCUT2D eigenvalue weighted by Gasteiger charge is 2.36. The minimum Gasteiger partial charge on any atom is -0.493 e. The van der Waals surface area contributed by atoms with Crippen molar-refractivity contribution >= 4 is 5.69 Å². The van der Waals surface area contributed by atoms with Crippen LogP contribution in [0.25, 0.3) is 11.1 Å². The maximum absolute atomic E-state index is 11.0. The van der Waals surface area contributed by atoms with Crippen LogP contribution in [-0.2, 0) is 0 Å². The number of nitro benzene ring substituents is 1. The Balaban J connectivity index is 2.00. The van der Waals surface area contributed by atoms with E-state index in [0.717, 1.165) is 27.8 Å². The third kappa shape index (κ3) is 2.57. The van der Waals surface area contributed by atoms with E-state index in [2.05, 4.69) is 12.1 Å². The Morgan fingerprint density at radius 3 is 2.14 bits per heavy atom. The standard InChI is InChI=1S/C22H19NO5/c1-26-18-12-17-15-6-4-5-7-16(15)19(20(17)22(28-3)21(18)27-2)13-8-10-14(11-9-13)23(24)25/h4-12,19H,1-3H3. The molecule has 3 aromatic carbocycles. The number of hydrogen-bond donors (Lipinski definition) is 0. The average Bonchev–Trinajstić information content (AvgIpc) is 3.06. The molecule has 28 heavy (non-hydrogen) atoms. The zero-order valence-electron chi connectivity index (χ0n) is 15.8. The van der Waals surface area contributed by atoms with Gasteiger partial charge in [0, 0.05) is 23.6 Å². The van der Waals surface area contributed by atoms with Gasteiger partial charge in [-0.25, -0.2) is 0 Å². The van der Waals surface area contributed by atoms with Crippen molar-refractivity contribution < 1.29 is 19.1 Å². The predicted octanol–water partition coefficient (Wildman–Crippen LogP) is 4.78. The normalized spacial score (nSPS) is 14.2. The van der Waals surface area contributed by atoms with Crippen molar-refractivity contribution in [3.8, 4) is 28.4 Å². The molecule has 142 valence electrons. The smallest absolute Gasteiger partial charge is 0.269 e. The van der Waals surface area contributed by atoms with Gasteiger partial charge in [0.15, 0.2) is 11.5 Å². The monoisotopic (exact) mass is 377 g/mol. The van der Waals surface area contributed by atoms with Gasteiger partial charge in [-0.15, -0.1) is 0 Å². The van der Waals surface area contributed by atoms with Crippen molar-refractivity contribution in [3.05, 3.63) is 81.4 Å². The summed E-state index contributed by atoms with van der Waals surface area (Å²) in [5, 5.41) is 11.0. The maximum Gasteiger partial charge on any atom is 0.269 e. The molecule has 1 aliphatic rings. The SMILES string of the molecule is COc1cc2c(c(OC)c1OC)C(c1ccc([N+](=O)[O-])cc1)c1ccccc1-2. The number of methoxy groups -OCH3 is 3. The van der Waals surface area contributed by atoms with E-state index >= 15 is 0 Å². The number of nitro groups is 1. The lowest BCUT2D eigenvalue weighted by Gasteiger charge is -2.20. The van der Waals surface area contributed by atoms with E-state index in [-0.39, 0.29) is 11.6 Å². The Morgan fingerprint density at radius 1 is 0.857 bits per heavy atom. The summed E-state index contributed by atoms with van der Waals surface area (Å²) in [7, 11) is 4.78. The Kier molecular flexibility index (Phi) is 4.39. The molecule has 6 heteroatoms. The van der Waals surface area contributed by atoms with E-state index in [1.807, 2.05) is 18.2 Å². The third-order valence-electron chi connectivity index (χ3n) is 5.16. The number of benzene rings is 3. The Morgan fingerprint density at radius 2 is 1.54 bits per heavy atom. The molecule has 0 spiro atoms. The lowest BCUT2D eigenvalue weighted by atomic mass is 9.88. The summed E-state index contributed by atoms with van der Waals surface area (Å²) in [5.74, 6) is 1.61. The second kappa shape index (κ2) is 6.88. The van der Waals surface area contributed by atoms with Gasteiger partial charge >= 0.3 is 0 Å². The first-order valence-corrected chi connectivity index (χ1v) is 8.77. The van der Waals surface area contributed by atoms with Gasteiger partial charge in [-0.05, 0) is 28.3 Å². The van der Waals surface area contributed by atoms with Crippen molar-refractivity contribution in [2.45, 2.75) is 5.92 Å². The molecule has 0 amide bonds. The summed E-state index contributed by atoms with van der Waals surface area (Å²) in [5.41, 5.74) is 5.18. The minimum atomic E-state index is -0.394. The molecule has 0 radical (unpaired) electrons. The highest BCUT2D eigenvalue weighted by molar-refractivity contribution is 5.86. The van der Waals surface area contributed by atoms with Crippen LogP contribution in [0, 0.1) is 10.1 Å². The van der Waals surface area contributed by atoms with E-state index in [4.69, 9.17) is 14.2 Å². The van der Waals surface area contributed by atoms with E-state index in [9.17, 15) is 10.1 Å². The van der Waals surface area contributed by atoms with Crippen LogP contribution in [0.4, 0.5) is 5.69 Å². The lowest BCUT2D eigenvalue weighted by Crippen LogP contribution is -2.04. The first kappa shape index (κ1) is 17.9. The maximum atomic E-state index is 11.0.